The number of anilines is 1. The van der Waals surface area contributed by atoms with E-state index in [1.807, 2.05) is 26.0 Å². The van der Waals surface area contributed by atoms with Gasteiger partial charge in [-0.05, 0) is 49.7 Å². The predicted octanol–water partition coefficient (Wildman–Crippen LogP) is 4.98. The van der Waals surface area contributed by atoms with E-state index >= 15 is 0 Å². The van der Waals surface area contributed by atoms with Crippen LogP contribution in [-0.4, -0.2) is 32.8 Å². The largest absolute Gasteiger partial charge is 0.494 e. The Balaban J connectivity index is 1.83. The normalized spacial score (nSPS) is 11.2. The minimum Gasteiger partial charge on any atom is -0.494 e. The Morgan fingerprint density at radius 3 is 2.67 bits per heavy atom. The first-order chi connectivity index (χ1) is 14.5. The lowest BCUT2D eigenvalue weighted by molar-refractivity contribution is 0.0973. The fourth-order valence-corrected chi connectivity index (χ4v) is 4.41. The molecule has 0 radical (unpaired) electrons. The molecule has 0 unspecified atom stereocenters. The number of amides is 1. The summed E-state index contributed by atoms with van der Waals surface area (Å²) in [5.41, 5.74) is 2.07. The SMILES string of the molecule is COc1ccc(Cl)c2sc(N(Cc3ccncc3)C(=O)c3ccnn3C(C)C)nc12. The summed E-state index contributed by atoms with van der Waals surface area (Å²) in [4.78, 5) is 24.0. The summed E-state index contributed by atoms with van der Waals surface area (Å²) in [6.45, 7) is 4.31. The second kappa shape index (κ2) is 8.41. The van der Waals surface area contributed by atoms with Gasteiger partial charge in [0.1, 0.15) is 17.0 Å². The van der Waals surface area contributed by atoms with Crippen LogP contribution in [-0.2, 0) is 6.54 Å². The molecule has 154 valence electrons. The molecule has 0 bridgehead atoms. The predicted molar refractivity (Wildman–Crippen MR) is 119 cm³/mol. The number of halogens is 1. The quantitative estimate of drug-likeness (QED) is 0.422. The lowest BCUT2D eigenvalue weighted by atomic mass is 10.2. The zero-order chi connectivity index (χ0) is 21.3. The fraction of sp³-hybridized carbons (Fsp3) is 0.238. The molecule has 1 aromatic carbocycles. The van der Waals surface area contributed by atoms with E-state index in [9.17, 15) is 4.79 Å². The van der Waals surface area contributed by atoms with Gasteiger partial charge in [-0.1, -0.05) is 22.9 Å². The molecular weight excluding hydrogens is 422 g/mol. The van der Waals surface area contributed by atoms with Crippen molar-refractivity contribution in [1.82, 2.24) is 19.7 Å². The van der Waals surface area contributed by atoms with E-state index < -0.39 is 0 Å². The van der Waals surface area contributed by atoms with Gasteiger partial charge in [0, 0.05) is 24.6 Å². The van der Waals surface area contributed by atoms with Gasteiger partial charge in [-0.3, -0.25) is 19.4 Å². The van der Waals surface area contributed by atoms with Crippen molar-refractivity contribution in [3.05, 3.63) is 65.2 Å². The molecule has 0 N–H and O–H groups in total. The van der Waals surface area contributed by atoms with Crippen LogP contribution in [0.1, 0.15) is 35.9 Å². The standard InChI is InChI=1S/C21H20ClN5O2S/c1-13(2)27-16(8-11-24-27)20(28)26(12-14-6-9-23-10-7-14)21-25-18-17(29-3)5-4-15(22)19(18)30-21/h4-11,13H,12H2,1-3H3. The van der Waals surface area contributed by atoms with E-state index in [2.05, 4.69) is 10.1 Å². The van der Waals surface area contributed by atoms with Crippen LogP contribution in [0, 0.1) is 0 Å². The van der Waals surface area contributed by atoms with Crippen molar-refractivity contribution in [1.29, 1.82) is 0 Å². The van der Waals surface area contributed by atoms with Gasteiger partial charge in [0.05, 0.1) is 23.4 Å². The van der Waals surface area contributed by atoms with Crippen LogP contribution in [0.2, 0.25) is 5.02 Å². The number of ether oxygens (including phenoxy) is 1. The van der Waals surface area contributed by atoms with Crippen molar-refractivity contribution >= 4 is 44.2 Å². The first-order valence-electron chi connectivity index (χ1n) is 9.37. The summed E-state index contributed by atoms with van der Waals surface area (Å²) in [5, 5.41) is 5.41. The molecule has 3 heterocycles. The van der Waals surface area contributed by atoms with Crippen molar-refractivity contribution in [3.63, 3.8) is 0 Å². The lowest BCUT2D eigenvalue weighted by Crippen LogP contribution is -2.32. The van der Waals surface area contributed by atoms with Crippen LogP contribution in [0.5, 0.6) is 5.75 Å². The molecule has 0 aliphatic rings. The first-order valence-corrected chi connectivity index (χ1v) is 10.6. The Labute approximate surface area is 182 Å². The highest BCUT2D eigenvalue weighted by Gasteiger charge is 2.26. The van der Waals surface area contributed by atoms with Gasteiger partial charge in [0.25, 0.3) is 5.91 Å². The summed E-state index contributed by atoms with van der Waals surface area (Å²) in [7, 11) is 1.59. The zero-order valence-corrected chi connectivity index (χ0v) is 18.3. The molecule has 0 fully saturated rings. The van der Waals surface area contributed by atoms with Crippen molar-refractivity contribution in [2.45, 2.75) is 26.4 Å². The average Bonchev–Trinajstić information content (AvgIpc) is 3.41. The number of nitrogens with zero attached hydrogens (tertiary/aromatic N) is 5. The number of hydrogen-bond donors (Lipinski definition) is 0. The number of carbonyl (C=O) groups excluding carboxylic acids is 1. The van der Waals surface area contributed by atoms with E-state index in [4.69, 9.17) is 21.3 Å². The van der Waals surface area contributed by atoms with Gasteiger partial charge in [-0.25, -0.2) is 4.98 Å². The van der Waals surface area contributed by atoms with Crippen LogP contribution in [0.3, 0.4) is 0 Å². The highest BCUT2D eigenvalue weighted by Crippen LogP contribution is 2.39. The summed E-state index contributed by atoms with van der Waals surface area (Å²) in [6.07, 6.45) is 5.04. The number of pyridine rings is 1. The summed E-state index contributed by atoms with van der Waals surface area (Å²) < 4.78 is 7.92. The number of rotatable bonds is 6. The Bertz CT molecular complexity index is 1190. The minimum absolute atomic E-state index is 0.0478. The molecule has 4 rings (SSSR count). The van der Waals surface area contributed by atoms with E-state index in [0.29, 0.717) is 33.7 Å². The monoisotopic (exact) mass is 441 g/mol. The third kappa shape index (κ3) is 3.76. The second-order valence-corrected chi connectivity index (χ2v) is 8.31. The second-order valence-electron chi connectivity index (χ2n) is 6.93. The number of carbonyl (C=O) groups is 1. The van der Waals surface area contributed by atoms with Gasteiger partial charge < -0.3 is 4.74 Å². The number of methoxy groups -OCH3 is 1. The maximum absolute atomic E-state index is 13.6. The van der Waals surface area contributed by atoms with Crippen LogP contribution >= 0.6 is 22.9 Å². The van der Waals surface area contributed by atoms with E-state index in [1.54, 1.807) is 53.5 Å². The third-order valence-corrected chi connectivity index (χ3v) is 6.15. The summed E-state index contributed by atoms with van der Waals surface area (Å²) >= 11 is 7.76. The molecular formula is C21H20ClN5O2S. The molecule has 7 nitrogen and oxygen atoms in total. The molecule has 9 heteroatoms. The number of aromatic nitrogens is 4. The topological polar surface area (TPSA) is 73.1 Å². The lowest BCUT2D eigenvalue weighted by Gasteiger charge is -2.21. The summed E-state index contributed by atoms with van der Waals surface area (Å²) in [5.74, 6) is 0.424. The number of hydrogen-bond acceptors (Lipinski definition) is 6. The van der Waals surface area contributed by atoms with Crippen molar-refractivity contribution in [2.24, 2.45) is 0 Å². The smallest absolute Gasteiger partial charge is 0.278 e. The average molecular weight is 442 g/mol. The minimum atomic E-state index is -0.188. The Hall–Kier alpha value is -2.97. The first kappa shape index (κ1) is 20.3. The van der Waals surface area contributed by atoms with Gasteiger partial charge >= 0.3 is 0 Å². The van der Waals surface area contributed by atoms with Crippen LogP contribution in [0.25, 0.3) is 10.2 Å². The molecule has 0 saturated heterocycles. The molecule has 30 heavy (non-hydrogen) atoms. The third-order valence-electron chi connectivity index (χ3n) is 4.61. The van der Waals surface area contributed by atoms with Gasteiger partial charge in [0.2, 0.25) is 0 Å². The Morgan fingerprint density at radius 2 is 1.97 bits per heavy atom. The number of fused-ring (bicyclic) bond motifs is 1. The molecule has 3 aromatic heterocycles. The molecule has 1 amide bonds. The Kier molecular flexibility index (Phi) is 5.69. The van der Waals surface area contributed by atoms with Crippen molar-refractivity contribution in [3.8, 4) is 5.75 Å². The van der Waals surface area contributed by atoms with Crippen LogP contribution in [0.4, 0.5) is 5.13 Å². The molecule has 0 aliphatic heterocycles. The van der Waals surface area contributed by atoms with Gasteiger partial charge in [-0.2, -0.15) is 5.10 Å². The summed E-state index contributed by atoms with van der Waals surface area (Å²) in [6, 6.07) is 9.07. The number of thiazole rings is 1. The van der Waals surface area contributed by atoms with E-state index in [-0.39, 0.29) is 11.9 Å². The van der Waals surface area contributed by atoms with Crippen LogP contribution < -0.4 is 9.64 Å². The van der Waals surface area contributed by atoms with E-state index in [0.717, 1.165) is 10.3 Å². The maximum atomic E-state index is 13.6. The van der Waals surface area contributed by atoms with Crippen LogP contribution in [0.15, 0.2) is 48.9 Å². The maximum Gasteiger partial charge on any atom is 0.278 e. The molecule has 0 saturated carbocycles. The molecule has 4 aromatic rings. The molecule has 0 aliphatic carbocycles. The zero-order valence-electron chi connectivity index (χ0n) is 16.7. The van der Waals surface area contributed by atoms with Crippen molar-refractivity contribution in [2.75, 3.05) is 12.0 Å². The molecule has 0 spiro atoms. The Morgan fingerprint density at radius 1 is 1.20 bits per heavy atom. The highest BCUT2D eigenvalue weighted by molar-refractivity contribution is 7.23. The number of benzene rings is 1. The van der Waals surface area contributed by atoms with Gasteiger partial charge in [0.15, 0.2) is 5.13 Å². The van der Waals surface area contributed by atoms with E-state index in [1.165, 1.54) is 11.3 Å². The molecule has 0 atom stereocenters. The van der Waals surface area contributed by atoms with Gasteiger partial charge in [-0.15, -0.1) is 0 Å². The fourth-order valence-electron chi connectivity index (χ4n) is 3.15. The van der Waals surface area contributed by atoms with Crippen molar-refractivity contribution < 1.29 is 9.53 Å². The highest BCUT2D eigenvalue weighted by atomic mass is 35.5.